The summed E-state index contributed by atoms with van der Waals surface area (Å²) in [5, 5.41) is 0.653. The Balaban J connectivity index is 1.21. The van der Waals surface area contributed by atoms with Gasteiger partial charge in [-0.25, -0.2) is 18.1 Å². The molecule has 1 saturated carbocycles. The molecular formula is C23H33F3N6O2S2. The highest BCUT2D eigenvalue weighted by molar-refractivity contribution is 7.88. The molecule has 36 heavy (non-hydrogen) atoms. The van der Waals surface area contributed by atoms with Crippen LogP contribution in [0.4, 0.5) is 24.9 Å². The lowest BCUT2D eigenvalue weighted by molar-refractivity contribution is -0.126. The van der Waals surface area contributed by atoms with Crippen molar-refractivity contribution in [2.45, 2.75) is 57.2 Å². The van der Waals surface area contributed by atoms with Crippen molar-refractivity contribution in [3.63, 3.8) is 0 Å². The highest BCUT2D eigenvalue weighted by Gasteiger charge is 2.44. The Morgan fingerprint density at radius 1 is 1.17 bits per heavy atom. The van der Waals surface area contributed by atoms with Gasteiger partial charge in [0.15, 0.2) is 0 Å². The Hall–Kier alpha value is -1.70. The summed E-state index contributed by atoms with van der Waals surface area (Å²) in [6.07, 6.45) is 1.89. The first-order valence-electron chi connectivity index (χ1n) is 12.4. The van der Waals surface area contributed by atoms with Crippen molar-refractivity contribution in [2.24, 2.45) is 11.3 Å². The molecule has 1 spiro atoms. The van der Waals surface area contributed by atoms with Crippen LogP contribution in [0.2, 0.25) is 0 Å². The number of fused-ring (bicyclic) bond motifs is 1. The summed E-state index contributed by atoms with van der Waals surface area (Å²) >= 11 is 1.03. The van der Waals surface area contributed by atoms with E-state index in [4.69, 9.17) is 5.73 Å². The van der Waals surface area contributed by atoms with Crippen molar-refractivity contribution >= 4 is 43.3 Å². The summed E-state index contributed by atoms with van der Waals surface area (Å²) < 4.78 is 64.6. The fourth-order valence-corrected chi connectivity index (χ4v) is 8.16. The third-order valence-electron chi connectivity index (χ3n) is 7.81. The topological polar surface area (TPSA) is 104 Å². The molecule has 1 aliphatic carbocycles. The highest BCUT2D eigenvalue weighted by atomic mass is 32.2. The number of thiophene rings is 1. The fourth-order valence-electron chi connectivity index (χ4n) is 6.26. The van der Waals surface area contributed by atoms with Gasteiger partial charge in [-0.2, -0.15) is 18.2 Å². The molecule has 4 heterocycles. The van der Waals surface area contributed by atoms with Gasteiger partial charge in [0, 0.05) is 42.5 Å². The second-order valence-corrected chi connectivity index (χ2v) is 13.8. The smallest absolute Gasteiger partial charge is 0.368 e. The number of nitrogens with one attached hydrogen (secondary N) is 1. The Morgan fingerprint density at radius 2 is 1.89 bits per heavy atom. The molecule has 2 aromatic heterocycles. The molecular weight excluding hydrogens is 513 g/mol. The first-order chi connectivity index (χ1) is 16.9. The number of rotatable bonds is 6. The maximum atomic E-state index is 12.9. The molecule has 2 saturated heterocycles. The van der Waals surface area contributed by atoms with Gasteiger partial charge < -0.3 is 15.5 Å². The fraction of sp³-hybridized carbons (Fsp3) is 0.739. The van der Waals surface area contributed by atoms with Gasteiger partial charge in [-0.3, -0.25) is 0 Å². The molecule has 2 aromatic rings. The summed E-state index contributed by atoms with van der Waals surface area (Å²) in [4.78, 5) is 14.1. The number of hydrogen-bond acceptors (Lipinski definition) is 8. The second-order valence-electron chi connectivity index (χ2n) is 10.9. The van der Waals surface area contributed by atoms with Gasteiger partial charge in [0.05, 0.1) is 18.1 Å². The normalized spacial score (nSPS) is 28.1. The number of sulfonamides is 1. The predicted octanol–water partition coefficient (Wildman–Crippen LogP) is 3.39. The summed E-state index contributed by atoms with van der Waals surface area (Å²) in [7, 11) is -3.16. The number of hydrogen-bond donors (Lipinski definition) is 2. The molecule has 5 rings (SSSR count). The zero-order valence-electron chi connectivity index (χ0n) is 20.4. The van der Waals surface area contributed by atoms with Crippen LogP contribution < -0.4 is 15.4 Å². The van der Waals surface area contributed by atoms with E-state index in [1.54, 1.807) is 6.07 Å². The summed E-state index contributed by atoms with van der Waals surface area (Å²) in [5.74, 6) is 1.32. The van der Waals surface area contributed by atoms with Gasteiger partial charge in [0.2, 0.25) is 16.0 Å². The summed E-state index contributed by atoms with van der Waals surface area (Å²) in [5.41, 5.74) is 6.08. The Kier molecular flexibility index (Phi) is 6.88. The average molecular weight is 547 g/mol. The number of halogens is 3. The minimum atomic E-state index is -4.27. The number of alkyl halides is 3. The van der Waals surface area contributed by atoms with Crippen molar-refractivity contribution in [1.82, 2.24) is 19.6 Å². The molecule has 3 fully saturated rings. The van der Waals surface area contributed by atoms with Gasteiger partial charge >= 0.3 is 6.18 Å². The predicted molar refractivity (Wildman–Crippen MR) is 136 cm³/mol. The van der Waals surface area contributed by atoms with Crippen LogP contribution in [0.3, 0.4) is 0 Å². The van der Waals surface area contributed by atoms with Crippen molar-refractivity contribution in [3.8, 4) is 0 Å². The van der Waals surface area contributed by atoms with Crippen LogP contribution in [0.5, 0.6) is 0 Å². The van der Waals surface area contributed by atoms with E-state index in [-0.39, 0.29) is 22.3 Å². The third kappa shape index (κ3) is 6.05. The van der Waals surface area contributed by atoms with E-state index in [1.165, 1.54) is 6.26 Å². The SMILES string of the molecule is CS(=O)(=O)N[C@H]1CC[C@H](CN2CCC3(CCN(c4nc(N)nc5sc(CC(F)(F)F)cc45)C3)C2)CC1. The largest absolute Gasteiger partial charge is 0.393 e. The van der Waals surface area contributed by atoms with Crippen LogP contribution >= 0.6 is 11.3 Å². The molecule has 0 amide bonds. The minimum absolute atomic E-state index is 0.0513. The average Bonchev–Trinajstić information content (AvgIpc) is 3.45. The highest BCUT2D eigenvalue weighted by Crippen LogP contribution is 2.44. The Morgan fingerprint density at radius 3 is 2.58 bits per heavy atom. The van der Waals surface area contributed by atoms with Crippen LogP contribution in [-0.2, 0) is 16.4 Å². The molecule has 1 atom stereocenters. The monoisotopic (exact) mass is 546 g/mol. The van der Waals surface area contributed by atoms with Crippen LogP contribution in [0.25, 0.3) is 10.2 Å². The van der Waals surface area contributed by atoms with Gasteiger partial charge in [-0.05, 0) is 57.1 Å². The van der Waals surface area contributed by atoms with E-state index in [1.807, 2.05) is 0 Å². The van der Waals surface area contributed by atoms with Crippen molar-refractivity contribution < 1.29 is 21.6 Å². The van der Waals surface area contributed by atoms with Gasteiger partial charge in [0.25, 0.3) is 0 Å². The molecule has 0 radical (unpaired) electrons. The quantitative estimate of drug-likeness (QED) is 0.572. The van der Waals surface area contributed by atoms with E-state index < -0.39 is 22.6 Å². The van der Waals surface area contributed by atoms with E-state index in [0.717, 1.165) is 82.6 Å². The van der Waals surface area contributed by atoms with Gasteiger partial charge in [-0.1, -0.05) is 0 Å². The maximum absolute atomic E-state index is 12.9. The Bertz CT molecular complexity index is 1210. The standard InChI is InChI=1S/C23H33F3N6O2S2/c1-36(33,34)30-16-4-2-15(3-5-16)12-31-8-6-22(13-31)7-9-32(14-22)19-18-10-17(11-23(24,25)26)35-20(18)29-21(27)28-19/h10,15-16,30H,2-9,11-14H2,1H3,(H2,27,28,29)/t15-,16-,22?. The lowest BCUT2D eigenvalue weighted by Gasteiger charge is -2.32. The van der Waals surface area contributed by atoms with E-state index in [9.17, 15) is 21.6 Å². The molecule has 3 N–H and O–H groups in total. The number of nitrogens with two attached hydrogens (primary N) is 1. The van der Waals surface area contributed by atoms with Crippen LogP contribution in [0.15, 0.2) is 6.07 Å². The number of aromatic nitrogens is 2. The zero-order valence-corrected chi connectivity index (χ0v) is 22.0. The van der Waals surface area contributed by atoms with Gasteiger partial charge in [-0.15, -0.1) is 11.3 Å². The lowest BCUT2D eigenvalue weighted by Crippen LogP contribution is -2.39. The second kappa shape index (κ2) is 9.55. The number of anilines is 2. The lowest BCUT2D eigenvalue weighted by atomic mass is 9.85. The van der Waals surface area contributed by atoms with Gasteiger partial charge in [0.1, 0.15) is 10.6 Å². The first-order valence-corrected chi connectivity index (χ1v) is 15.1. The van der Waals surface area contributed by atoms with E-state index >= 15 is 0 Å². The molecule has 1 unspecified atom stereocenters. The third-order valence-corrected chi connectivity index (χ3v) is 9.61. The number of nitrogen functional groups attached to an aromatic ring is 1. The molecule has 0 bridgehead atoms. The van der Waals surface area contributed by atoms with Crippen LogP contribution in [-0.4, -0.2) is 74.5 Å². The number of likely N-dealkylation sites (tertiary alicyclic amines) is 1. The van der Waals surface area contributed by atoms with E-state index in [2.05, 4.69) is 24.5 Å². The number of nitrogens with zero attached hydrogens (tertiary/aromatic N) is 4. The van der Waals surface area contributed by atoms with Crippen molar-refractivity contribution in [2.75, 3.05) is 49.6 Å². The molecule has 3 aliphatic rings. The van der Waals surface area contributed by atoms with E-state index in [0.29, 0.717) is 22.0 Å². The summed E-state index contributed by atoms with van der Waals surface area (Å²) in [6.45, 7) is 4.67. The molecule has 8 nitrogen and oxygen atoms in total. The first kappa shape index (κ1) is 25.9. The van der Waals surface area contributed by atoms with Crippen LogP contribution in [0.1, 0.15) is 43.4 Å². The van der Waals surface area contributed by atoms with Crippen molar-refractivity contribution in [1.29, 1.82) is 0 Å². The zero-order chi connectivity index (χ0) is 25.7. The molecule has 2 aliphatic heterocycles. The van der Waals surface area contributed by atoms with Crippen molar-refractivity contribution in [3.05, 3.63) is 10.9 Å². The van der Waals surface area contributed by atoms with Crippen LogP contribution in [0, 0.1) is 11.3 Å². The minimum Gasteiger partial charge on any atom is -0.368 e. The summed E-state index contributed by atoms with van der Waals surface area (Å²) in [6, 6.07) is 1.62. The molecule has 200 valence electrons. The molecule has 13 heteroatoms. The Labute approximate surface area is 213 Å². The maximum Gasteiger partial charge on any atom is 0.393 e. The molecule has 0 aromatic carbocycles.